The summed E-state index contributed by atoms with van der Waals surface area (Å²) < 4.78 is 45.7. The molecule has 1 rings (SSSR count). The van der Waals surface area contributed by atoms with E-state index in [4.69, 9.17) is 24.4 Å². The van der Waals surface area contributed by atoms with Crippen LogP contribution >= 0.6 is 7.82 Å². The Hall–Kier alpha value is -1.34. The highest BCUT2D eigenvalue weighted by atomic mass is 31.2. The van der Waals surface area contributed by atoms with Gasteiger partial charge in [0.05, 0.1) is 0 Å². The third-order valence-corrected chi connectivity index (χ3v) is 1.58. The Bertz CT molecular complexity index is 457. The Balaban J connectivity index is 0.000000494. The standard InChI is InChI=1S/C9H7F3O.H3O4P/c1-2-6-4-3-5-7(13)8(6)9(10,11)12;1-5(2,3)4/h2-5,13H,1H2;(H3,1,2,3,4). The first kappa shape index (κ1) is 16.7. The molecule has 0 bridgehead atoms. The number of benzene rings is 1. The molecule has 0 spiro atoms. The third kappa shape index (κ3) is 6.41. The van der Waals surface area contributed by atoms with Gasteiger partial charge in [0.2, 0.25) is 0 Å². The van der Waals surface area contributed by atoms with Gasteiger partial charge in [0.25, 0.3) is 0 Å². The molecule has 102 valence electrons. The van der Waals surface area contributed by atoms with Crippen LogP contribution < -0.4 is 0 Å². The van der Waals surface area contributed by atoms with Crippen LogP contribution in [0.3, 0.4) is 0 Å². The van der Waals surface area contributed by atoms with Crippen molar-refractivity contribution < 1.29 is 37.5 Å². The van der Waals surface area contributed by atoms with E-state index in [0.717, 1.165) is 12.1 Å². The first-order valence-electron chi connectivity index (χ1n) is 4.26. The minimum atomic E-state index is -4.64. The van der Waals surface area contributed by atoms with E-state index in [9.17, 15) is 13.2 Å². The average molecular weight is 286 g/mol. The molecule has 5 nitrogen and oxygen atoms in total. The van der Waals surface area contributed by atoms with E-state index in [-0.39, 0.29) is 5.56 Å². The number of aromatic hydroxyl groups is 1. The lowest BCUT2D eigenvalue weighted by Crippen LogP contribution is -2.07. The molecule has 1 aromatic rings. The van der Waals surface area contributed by atoms with Crippen LogP contribution in [0.25, 0.3) is 6.08 Å². The number of halogens is 3. The highest BCUT2D eigenvalue weighted by Gasteiger charge is 2.35. The van der Waals surface area contributed by atoms with Crippen molar-refractivity contribution >= 4 is 13.9 Å². The van der Waals surface area contributed by atoms with Gasteiger partial charge in [-0.1, -0.05) is 24.8 Å². The minimum absolute atomic E-state index is 0.118. The van der Waals surface area contributed by atoms with Gasteiger partial charge in [-0.15, -0.1) is 0 Å². The number of hydrogen-bond acceptors (Lipinski definition) is 2. The zero-order chi connectivity index (χ0) is 14.6. The van der Waals surface area contributed by atoms with Crippen LogP contribution in [0.1, 0.15) is 11.1 Å². The second-order valence-corrected chi connectivity index (χ2v) is 3.98. The summed E-state index contributed by atoms with van der Waals surface area (Å²) in [6.07, 6.45) is -3.49. The summed E-state index contributed by atoms with van der Waals surface area (Å²) in [4.78, 5) is 21.6. The van der Waals surface area contributed by atoms with Crippen molar-refractivity contribution in [2.45, 2.75) is 6.18 Å². The van der Waals surface area contributed by atoms with Gasteiger partial charge in [-0.25, -0.2) is 4.57 Å². The van der Waals surface area contributed by atoms with Gasteiger partial charge in [-0.3, -0.25) is 0 Å². The molecule has 0 aliphatic rings. The summed E-state index contributed by atoms with van der Waals surface area (Å²) in [7, 11) is -4.64. The summed E-state index contributed by atoms with van der Waals surface area (Å²) in [6, 6.07) is 3.58. The number of rotatable bonds is 1. The molecule has 1 aromatic carbocycles. The van der Waals surface area contributed by atoms with Gasteiger partial charge in [0.1, 0.15) is 11.3 Å². The second-order valence-electron chi connectivity index (χ2n) is 2.96. The predicted molar refractivity (Wildman–Crippen MR) is 57.5 cm³/mol. The second kappa shape index (κ2) is 6.01. The predicted octanol–water partition coefficient (Wildman–Crippen LogP) is 2.13. The molecular formula is C9H10F3O5P. The molecule has 0 fully saturated rings. The number of phenolic OH excluding ortho intramolecular Hbond substituents is 1. The molecule has 0 heterocycles. The van der Waals surface area contributed by atoms with Gasteiger partial charge >= 0.3 is 14.0 Å². The summed E-state index contributed by atoms with van der Waals surface area (Å²) in [5.74, 6) is -0.773. The van der Waals surface area contributed by atoms with E-state index in [2.05, 4.69) is 6.58 Å². The molecule has 18 heavy (non-hydrogen) atoms. The molecule has 0 aromatic heterocycles. The van der Waals surface area contributed by atoms with Crippen molar-refractivity contribution in [3.05, 3.63) is 35.9 Å². The Labute approximate surface area is 100 Å². The lowest BCUT2D eigenvalue weighted by atomic mass is 10.1. The highest BCUT2D eigenvalue weighted by Crippen LogP contribution is 2.38. The average Bonchev–Trinajstić information content (AvgIpc) is 2.12. The zero-order valence-electron chi connectivity index (χ0n) is 8.79. The van der Waals surface area contributed by atoms with Gasteiger partial charge in [-0.2, -0.15) is 13.2 Å². The minimum Gasteiger partial charge on any atom is -0.507 e. The van der Waals surface area contributed by atoms with Crippen molar-refractivity contribution in [2.75, 3.05) is 0 Å². The van der Waals surface area contributed by atoms with Gasteiger partial charge in [-0.05, 0) is 11.6 Å². The van der Waals surface area contributed by atoms with Crippen LogP contribution in [-0.2, 0) is 10.7 Å². The maximum absolute atomic E-state index is 12.3. The molecule has 0 saturated carbocycles. The molecule has 0 aliphatic heterocycles. The van der Waals surface area contributed by atoms with Crippen LogP contribution in [0.2, 0.25) is 0 Å². The van der Waals surface area contributed by atoms with Gasteiger partial charge in [0, 0.05) is 0 Å². The van der Waals surface area contributed by atoms with E-state index in [1.807, 2.05) is 0 Å². The van der Waals surface area contributed by atoms with Crippen LogP contribution in [-0.4, -0.2) is 19.8 Å². The normalized spacial score (nSPS) is 11.4. The van der Waals surface area contributed by atoms with Crippen LogP contribution in [0.5, 0.6) is 5.75 Å². The Morgan fingerprint density at radius 1 is 1.22 bits per heavy atom. The van der Waals surface area contributed by atoms with Crippen molar-refractivity contribution in [1.29, 1.82) is 0 Å². The quantitative estimate of drug-likeness (QED) is 0.593. The Morgan fingerprint density at radius 3 is 1.94 bits per heavy atom. The first-order valence-corrected chi connectivity index (χ1v) is 5.83. The summed E-state index contributed by atoms with van der Waals surface area (Å²) >= 11 is 0. The van der Waals surface area contributed by atoms with E-state index >= 15 is 0 Å². The van der Waals surface area contributed by atoms with Gasteiger partial charge < -0.3 is 19.8 Å². The Kier molecular flexibility index (Phi) is 5.56. The smallest absolute Gasteiger partial charge is 0.466 e. The molecular weight excluding hydrogens is 276 g/mol. The number of hydrogen-bond donors (Lipinski definition) is 4. The summed E-state index contributed by atoms with van der Waals surface area (Å²) in [5, 5.41) is 8.99. The van der Waals surface area contributed by atoms with E-state index in [1.165, 1.54) is 12.1 Å². The zero-order valence-corrected chi connectivity index (χ0v) is 9.69. The topological polar surface area (TPSA) is 98.0 Å². The molecule has 0 saturated heterocycles. The molecule has 0 unspecified atom stereocenters. The lowest BCUT2D eigenvalue weighted by molar-refractivity contribution is -0.138. The van der Waals surface area contributed by atoms with Crippen molar-refractivity contribution in [3.8, 4) is 5.75 Å². The van der Waals surface area contributed by atoms with Crippen LogP contribution in [0.15, 0.2) is 24.8 Å². The first-order chi connectivity index (χ1) is 7.96. The van der Waals surface area contributed by atoms with E-state index in [0.29, 0.717) is 0 Å². The van der Waals surface area contributed by atoms with E-state index in [1.54, 1.807) is 0 Å². The van der Waals surface area contributed by atoms with Crippen LogP contribution in [0.4, 0.5) is 13.2 Å². The molecule has 0 atom stereocenters. The Morgan fingerprint density at radius 2 is 1.67 bits per heavy atom. The molecule has 9 heteroatoms. The monoisotopic (exact) mass is 286 g/mol. The molecule has 0 radical (unpaired) electrons. The maximum atomic E-state index is 12.3. The fraction of sp³-hybridized carbons (Fsp3) is 0.111. The van der Waals surface area contributed by atoms with Crippen molar-refractivity contribution in [3.63, 3.8) is 0 Å². The largest absolute Gasteiger partial charge is 0.507 e. The summed E-state index contributed by atoms with van der Waals surface area (Å²) in [6.45, 7) is 3.24. The van der Waals surface area contributed by atoms with Crippen molar-refractivity contribution in [1.82, 2.24) is 0 Å². The summed E-state index contributed by atoms with van der Waals surface area (Å²) in [5.41, 5.74) is -1.16. The molecule has 0 aliphatic carbocycles. The number of phenols is 1. The number of phosphoric acid groups is 1. The van der Waals surface area contributed by atoms with Gasteiger partial charge in [0.15, 0.2) is 0 Å². The van der Waals surface area contributed by atoms with Crippen LogP contribution in [0, 0.1) is 0 Å². The lowest BCUT2D eigenvalue weighted by Gasteiger charge is -2.11. The maximum Gasteiger partial charge on any atom is 0.466 e. The molecule has 0 amide bonds. The highest BCUT2D eigenvalue weighted by molar-refractivity contribution is 7.45. The third-order valence-electron chi connectivity index (χ3n) is 1.58. The SMILES string of the molecule is C=Cc1cccc(O)c1C(F)(F)F.O=P(O)(O)O. The fourth-order valence-electron chi connectivity index (χ4n) is 1.04. The molecule has 4 N–H and O–H groups in total. The fourth-order valence-corrected chi connectivity index (χ4v) is 1.04. The van der Waals surface area contributed by atoms with Crippen molar-refractivity contribution in [2.24, 2.45) is 0 Å². The number of alkyl halides is 3. The van der Waals surface area contributed by atoms with E-state index < -0.39 is 25.3 Å².